The van der Waals surface area contributed by atoms with Gasteiger partial charge in [-0.1, -0.05) is 18.2 Å². The molecular formula is C20H28N3O3+. The van der Waals surface area contributed by atoms with E-state index in [2.05, 4.69) is 0 Å². The van der Waals surface area contributed by atoms with E-state index in [-0.39, 0.29) is 5.91 Å². The number of likely N-dealkylation sites (N-methyl/N-ethyl adjacent to an activating group) is 2. The Morgan fingerprint density at radius 2 is 1.85 bits per heavy atom. The van der Waals surface area contributed by atoms with Crippen LogP contribution in [0.25, 0.3) is 10.9 Å². The van der Waals surface area contributed by atoms with Gasteiger partial charge in [0, 0.05) is 18.5 Å². The number of nitrogens with zero attached hydrogens (tertiary/aromatic N) is 2. The third kappa shape index (κ3) is 4.19. The lowest BCUT2D eigenvalue weighted by Crippen LogP contribution is -3.09. The van der Waals surface area contributed by atoms with Gasteiger partial charge in [-0.25, -0.2) is 9.78 Å². The van der Waals surface area contributed by atoms with Crippen molar-refractivity contribution in [3.05, 3.63) is 41.1 Å². The third-order valence-corrected chi connectivity index (χ3v) is 4.65. The van der Waals surface area contributed by atoms with Crippen LogP contribution in [-0.2, 0) is 16.1 Å². The maximum Gasteiger partial charge on any atom is 0.340 e. The minimum absolute atomic E-state index is 0.102. The van der Waals surface area contributed by atoms with Gasteiger partial charge in [0.05, 0.1) is 25.2 Å². The second-order valence-corrected chi connectivity index (χ2v) is 6.44. The highest BCUT2D eigenvalue weighted by Crippen LogP contribution is 2.23. The summed E-state index contributed by atoms with van der Waals surface area (Å²) in [5.41, 5.74) is 2.87. The van der Waals surface area contributed by atoms with Crippen molar-refractivity contribution in [2.75, 3.05) is 33.8 Å². The van der Waals surface area contributed by atoms with Crippen LogP contribution < -0.4 is 4.90 Å². The van der Waals surface area contributed by atoms with Gasteiger partial charge < -0.3 is 14.5 Å². The second-order valence-electron chi connectivity index (χ2n) is 6.44. The van der Waals surface area contributed by atoms with Crippen LogP contribution in [0.1, 0.15) is 35.5 Å². The van der Waals surface area contributed by atoms with E-state index in [1.54, 1.807) is 0 Å². The Balaban J connectivity index is 2.35. The average Bonchev–Trinajstić information content (AvgIpc) is 2.62. The molecule has 0 saturated heterocycles. The zero-order valence-corrected chi connectivity index (χ0v) is 16.3. The first-order valence-corrected chi connectivity index (χ1v) is 8.98. The number of benzene rings is 1. The number of hydrogen-bond donors (Lipinski definition) is 1. The highest BCUT2D eigenvalue weighted by atomic mass is 16.5. The lowest BCUT2D eigenvalue weighted by atomic mass is 10.0. The van der Waals surface area contributed by atoms with Crippen LogP contribution in [0, 0.1) is 6.92 Å². The Morgan fingerprint density at radius 3 is 2.46 bits per heavy atom. The number of aromatic nitrogens is 1. The van der Waals surface area contributed by atoms with Crippen LogP contribution in [-0.4, -0.2) is 55.6 Å². The fraction of sp³-hybridized carbons (Fsp3) is 0.450. The molecule has 1 unspecified atom stereocenters. The van der Waals surface area contributed by atoms with Crippen LogP contribution in [0.4, 0.5) is 0 Å². The van der Waals surface area contributed by atoms with Gasteiger partial charge in [-0.3, -0.25) is 4.79 Å². The number of fused-ring (bicyclic) bond motifs is 1. The van der Waals surface area contributed by atoms with Gasteiger partial charge in [-0.2, -0.15) is 0 Å². The molecule has 1 atom stereocenters. The normalized spacial score (nSPS) is 12.0. The molecule has 0 aliphatic rings. The molecular weight excluding hydrogens is 330 g/mol. The molecule has 1 aromatic carbocycles. The summed E-state index contributed by atoms with van der Waals surface area (Å²) in [4.78, 5) is 32.2. The van der Waals surface area contributed by atoms with Gasteiger partial charge in [-0.15, -0.1) is 0 Å². The molecule has 1 heterocycles. The van der Waals surface area contributed by atoms with Crippen molar-refractivity contribution in [2.45, 2.75) is 27.3 Å². The number of rotatable bonds is 7. The van der Waals surface area contributed by atoms with E-state index in [1.807, 2.05) is 57.0 Å². The fourth-order valence-electron chi connectivity index (χ4n) is 3.24. The molecule has 26 heavy (non-hydrogen) atoms. The summed E-state index contributed by atoms with van der Waals surface area (Å²) < 4.78 is 4.98. The van der Waals surface area contributed by atoms with Gasteiger partial charge in [0.2, 0.25) is 0 Å². The Bertz CT molecular complexity index is 800. The summed E-state index contributed by atoms with van der Waals surface area (Å²) in [5, 5.41) is 0.938. The van der Waals surface area contributed by atoms with E-state index in [0.717, 1.165) is 21.4 Å². The number of hydrogen-bond acceptors (Lipinski definition) is 4. The number of ether oxygens (including phenoxy) is 1. The number of nitrogens with one attached hydrogen (secondary N) is 1. The van der Waals surface area contributed by atoms with E-state index in [4.69, 9.17) is 9.72 Å². The molecule has 1 amide bonds. The van der Waals surface area contributed by atoms with Crippen LogP contribution >= 0.6 is 0 Å². The number of pyridine rings is 1. The number of methoxy groups -OCH3 is 1. The minimum atomic E-state index is -0.390. The molecule has 0 radical (unpaired) electrons. The summed E-state index contributed by atoms with van der Waals surface area (Å²) in [5.74, 6) is -0.289. The lowest BCUT2D eigenvalue weighted by Gasteiger charge is -2.22. The average molecular weight is 358 g/mol. The molecule has 0 spiro atoms. The quantitative estimate of drug-likeness (QED) is 0.756. The number of esters is 1. The van der Waals surface area contributed by atoms with Crippen molar-refractivity contribution >= 4 is 22.8 Å². The molecule has 0 saturated carbocycles. The number of amides is 1. The molecule has 6 heteroatoms. The molecule has 0 fully saturated rings. The topological polar surface area (TPSA) is 63.9 Å². The summed E-state index contributed by atoms with van der Waals surface area (Å²) in [6, 6.07) is 7.74. The van der Waals surface area contributed by atoms with Crippen LogP contribution in [0.15, 0.2) is 24.3 Å². The molecule has 0 aliphatic carbocycles. The van der Waals surface area contributed by atoms with Crippen molar-refractivity contribution in [1.29, 1.82) is 0 Å². The van der Waals surface area contributed by atoms with Crippen LogP contribution in [0.3, 0.4) is 0 Å². The molecule has 1 N–H and O–H groups in total. The number of carbonyl (C=O) groups is 2. The molecule has 1 aromatic heterocycles. The maximum atomic E-state index is 12.4. The summed E-state index contributed by atoms with van der Waals surface area (Å²) in [7, 11) is 3.32. The predicted molar refractivity (Wildman–Crippen MR) is 101 cm³/mol. The van der Waals surface area contributed by atoms with Crippen molar-refractivity contribution in [2.24, 2.45) is 0 Å². The summed E-state index contributed by atoms with van der Waals surface area (Å²) in [6.07, 6.45) is 0. The standard InChI is InChI=1S/C20H27N3O3/c1-6-23(7-2)18(24)13-22(4)12-17-19(20(25)26-5)14(3)15-10-8-9-11-16(15)21-17/h8-11H,6-7,12-13H2,1-5H3/p+1. The largest absolute Gasteiger partial charge is 0.465 e. The highest BCUT2D eigenvalue weighted by molar-refractivity contribution is 5.98. The van der Waals surface area contributed by atoms with Crippen LogP contribution in [0.5, 0.6) is 0 Å². The smallest absolute Gasteiger partial charge is 0.340 e. The zero-order valence-electron chi connectivity index (χ0n) is 16.3. The zero-order chi connectivity index (χ0) is 19.3. The summed E-state index contributed by atoms with van der Waals surface area (Å²) >= 11 is 0. The third-order valence-electron chi connectivity index (χ3n) is 4.65. The van der Waals surface area contributed by atoms with Gasteiger partial charge in [0.1, 0.15) is 12.2 Å². The van der Waals surface area contributed by atoms with Gasteiger partial charge in [-0.05, 0) is 32.4 Å². The van der Waals surface area contributed by atoms with Crippen molar-refractivity contribution in [3.8, 4) is 0 Å². The number of quaternary nitrogens is 1. The fourth-order valence-corrected chi connectivity index (χ4v) is 3.24. The van der Waals surface area contributed by atoms with E-state index >= 15 is 0 Å². The number of carbonyl (C=O) groups excluding carboxylic acids is 2. The predicted octanol–water partition coefficient (Wildman–Crippen LogP) is 1.21. The first kappa shape index (κ1) is 19.8. The Labute approximate surface area is 154 Å². The van der Waals surface area contributed by atoms with Crippen molar-refractivity contribution < 1.29 is 19.2 Å². The maximum absolute atomic E-state index is 12.4. The lowest BCUT2D eigenvalue weighted by molar-refractivity contribution is -0.886. The van der Waals surface area contributed by atoms with Gasteiger partial charge >= 0.3 is 5.97 Å². The van der Waals surface area contributed by atoms with E-state index < -0.39 is 5.97 Å². The van der Waals surface area contributed by atoms with Crippen molar-refractivity contribution in [1.82, 2.24) is 9.88 Å². The van der Waals surface area contributed by atoms with Crippen LogP contribution in [0.2, 0.25) is 0 Å². The monoisotopic (exact) mass is 358 g/mol. The molecule has 6 nitrogen and oxygen atoms in total. The summed E-state index contributed by atoms with van der Waals surface area (Å²) in [6.45, 7) is 8.09. The SMILES string of the molecule is CCN(CC)C(=O)C[NH+](C)Cc1nc2ccccc2c(C)c1C(=O)OC. The first-order chi connectivity index (χ1) is 12.4. The van der Waals surface area contributed by atoms with Gasteiger partial charge in [0.15, 0.2) is 6.54 Å². The molecule has 0 aliphatic heterocycles. The number of para-hydroxylation sites is 1. The Hall–Kier alpha value is -2.47. The van der Waals surface area contributed by atoms with Crippen molar-refractivity contribution in [3.63, 3.8) is 0 Å². The molecule has 2 rings (SSSR count). The molecule has 2 aromatic rings. The number of aryl methyl sites for hydroxylation is 1. The minimum Gasteiger partial charge on any atom is -0.465 e. The highest BCUT2D eigenvalue weighted by Gasteiger charge is 2.23. The molecule has 0 bridgehead atoms. The van der Waals surface area contributed by atoms with E-state index in [0.29, 0.717) is 37.4 Å². The first-order valence-electron chi connectivity index (χ1n) is 8.98. The second kappa shape index (κ2) is 8.76. The molecule has 140 valence electrons. The van der Waals surface area contributed by atoms with E-state index in [9.17, 15) is 9.59 Å². The Kier molecular flexibility index (Phi) is 6.69. The van der Waals surface area contributed by atoms with Gasteiger partial charge in [0.25, 0.3) is 5.91 Å². The Morgan fingerprint density at radius 1 is 1.19 bits per heavy atom. The van der Waals surface area contributed by atoms with E-state index in [1.165, 1.54) is 7.11 Å².